The molecule has 2 aromatic rings. The third-order valence-electron chi connectivity index (χ3n) is 3.55. The minimum absolute atomic E-state index is 0.115. The smallest absolute Gasteiger partial charge is 0.251 e. The molecule has 0 fully saturated rings. The van der Waals surface area contributed by atoms with E-state index in [1.54, 1.807) is 0 Å². The van der Waals surface area contributed by atoms with Crippen LogP contribution >= 0.6 is 0 Å². The van der Waals surface area contributed by atoms with E-state index in [1.807, 2.05) is 13.8 Å². The summed E-state index contributed by atoms with van der Waals surface area (Å²) in [5.41, 5.74) is 0.398. The highest BCUT2D eigenvalue weighted by Gasteiger charge is 2.13. The van der Waals surface area contributed by atoms with Crippen molar-refractivity contribution < 1.29 is 17.7 Å². The fourth-order valence-corrected chi connectivity index (χ4v) is 2.78. The van der Waals surface area contributed by atoms with Crippen molar-refractivity contribution in [3.8, 4) is 0 Å². The Morgan fingerprint density at radius 3 is 2.48 bits per heavy atom. The monoisotopic (exact) mass is 366 g/mol. The van der Waals surface area contributed by atoms with Crippen molar-refractivity contribution in [2.45, 2.75) is 37.5 Å². The number of nitrogens with zero attached hydrogens (tertiary/aromatic N) is 2. The van der Waals surface area contributed by atoms with Crippen LogP contribution in [0.3, 0.4) is 0 Å². The van der Waals surface area contributed by atoms with Gasteiger partial charge in [0.25, 0.3) is 5.91 Å². The SMILES string of the molecule is CNS(=O)(=O)c1ccc(C(=O)NCCCc2nc(C(C)C)no2)cc1. The van der Waals surface area contributed by atoms with Crippen LogP contribution in [0.5, 0.6) is 0 Å². The fraction of sp³-hybridized carbons (Fsp3) is 0.438. The molecule has 0 saturated heterocycles. The lowest BCUT2D eigenvalue weighted by atomic mass is 10.2. The van der Waals surface area contributed by atoms with E-state index < -0.39 is 10.0 Å². The normalized spacial score (nSPS) is 11.7. The van der Waals surface area contributed by atoms with Crippen molar-refractivity contribution in [3.63, 3.8) is 0 Å². The highest BCUT2D eigenvalue weighted by molar-refractivity contribution is 7.89. The largest absolute Gasteiger partial charge is 0.352 e. The number of sulfonamides is 1. The van der Waals surface area contributed by atoms with Crippen LogP contribution in [0.15, 0.2) is 33.7 Å². The molecule has 0 spiro atoms. The first-order chi connectivity index (χ1) is 11.8. The Bertz CT molecular complexity index is 813. The van der Waals surface area contributed by atoms with E-state index in [9.17, 15) is 13.2 Å². The van der Waals surface area contributed by atoms with Gasteiger partial charge in [-0.05, 0) is 37.7 Å². The van der Waals surface area contributed by atoms with Gasteiger partial charge in [-0.15, -0.1) is 0 Å². The van der Waals surface area contributed by atoms with Crippen LogP contribution in [0.25, 0.3) is 0 Å². The number of benzene rings is 1. The van der Waals surface area contributed by atoms with E-state index in [-0.39, 0.29) is 16.7 Å². The Morgan fingerprint density at radius 1 is 1.24 bits per heavy atom. The summed E-state index contributed by atoms with van der Waals surface area (Å²) in [6, 6.07) is 5.75. The van der Waals surface area contributed by atoms with E-state index in [0.717, 1.165) is 0 Å². The number of hydrogen-bond donors (Lipinski definition) is 2. The molecule has 0 aliphatic rings. The molecule has 1 aromatic heterocycles. The van der Waals surface area contributed by atoms with Crippen LogP contribution in [-0.2, 0) is 16.4 Å². The molecule has 0 bridgehead atoms. The third-order valence-corrected chi connectivity index (χ3v) is 4.98. The zero-order valence-electron chi connectivity index (χ0n) is 14.4. The second-order valence-electron chi connectivity index (χ2n) is 5.79. The first-order valence-corrected chi connectivity index (χ1v) is 9.46. The molecule has 136 valence electrons. The Hall–Kier alpha value is -2.26. The summed E-state index contributed by atoms with van der Waals surface area (Å²) in [5.74, 6) is 1.18. The molecule has 0 saturated carbocycles. The van der Waals surface area contributed by atoms with Crippen molar-refractivity contribution in [2.24, 2.45) is 0 Å². The Labute approximate surface area is 147 Å². The number of carbonyl (C=O) groups excluding carboxylic acids is 1. The van der Waals surface area contributed by atoms with Crippen molar-refractivity contribution in [1.29, 1.82) is 0 Å². The first-order valence-electron chi connectivity index (χ1n) is 7.98. The lowest BCUT2D eigenvalue weighted by molar-refractivity contribution is 0.0953. The average Bonchev–Trinajstić information content (AvgIpc) is 3.08. The second-order valence-corrected chi connectivity index (χ2v) is 7.68. The van der Waals surface area contributed by atoms with Crippen LogP contribution in [0.4, 0.5) is 0 Å². The molecule has 0 unspecified atom stereocenters. The molecular formula is C16H22N4O4S. The summed E-state index contributed by atoms with van der Waals surface area (Å²) in [6.45, 7) is 4.43. The number of aryl methyl sites for hydroxylation is 1. The van der Waals surface area contributed by atoms with Crippen LogP contribution < -0.4 is 10.0 Å². The minimum Gasteiger partial charge on any atom is -0.352 e. The molecule has 0 aliphatic carbocycles. The van der Waals surface area contributed by atoms with E-state index in [1.165, 1.54) is 31.3 Å². The highest BCUT2D eigenvalue weighted by atomic mass is 32.2. The van der Waals surface area contributed by atoms with Crippen LogP contribution in [0.1, 0.15) is 48.3 Å². The van der Waals surface area contributed by atoms with Gasteiger partial charge in [-0.2, -0.15) is 4.98 Å². The van der Waals surface area contributed by atoms with Gasteiger partial charge in [-0.25, -0.2) is 13.1 Å². The summed E-state index contributed by atoms with van der Waals surface area (Å²) in [7, 11) is -2.16. The number of aromatic nitrogens is 2. The van der Waals surface area contributed by atoms with Gasteiger partial charge < -0.3 is 9.84 Å². The molecule has 1 amide bonds. The highest BCUT2D eigenvalue weighted by Crippen LogP contribution is 2.11. The maximum Gasteiger partial charge on any atom is 0.251 e. The Morgan fingerprint density at radius 2 is 1.92 bits per heavy atom. The summed E-state index contributed by atoms with van der Waals surface area (Å²) in [4.78, 5) is 16.4. The van der Waals surface area contributed by atoms with Crippen molar-refractivity contribution in [1.82, 2.24) is 20.2 Å². The predicted molar refractivity (Wildman–Crippen MR) is 91.7 cm³/mol. The van der Waals surface area contributed by atoms with Crippen LogP contribution in [0, 0.1) is 0 Å². The predicted octanol–water partition coefficient (Wildman–Crippen LogP) is 1.46. The van der Waals surface area contributed by atoms with E-state index >= 15 is 0 Å². The average molecular weight is 366 g/mol. The summed E-state index contributed by atoms with van der Waals surface area (Å²) in [6.07, 6.45) is 1.25. The van der Waals surface area contributed by atoms with Gasteiger partial charge in [0.2, 0.25) is 15.9 Å². The van der Waals surface area contributed by atoms with Crippen molar-refractivity contribution in [2.75, 3.05) is 13.6 Å². The zero-order chi connectivity index (χ0) is 18.4. The van der Waals surface area contributed by atoms with Gasteiger partial charge >= 0.3 is 0 Å². The zero-order valence-corrected chi connectivity index (χ0v) is 15.3. The van der Waals surface area contributed by atoms with Gasteiger partial charge in [-0.1, -0.05) is 19.0 Å². The number of rotatable bonds is 8. The summed E-state index contributed by atoms with van der Waals surface area (Å²) >= 11 is 0. The molecular weight excluding hydrogens is 344 g/mol. The van der Waals surface area contributed by atoms with Crippen LogP contribution in [0.2, 0.25) is 0 Å². The molecule has 1 aromatic carbocycles. The Kier molecular flexibility index (Phi) is 6.27. The molecule has 1 heterocycles. The molecule has 9 heteroatoms. The Balaban J connectivity index is 1.82. The molecule has 8 nitrogen and oxygen atoms in total. The maximum absolute atomic E-state index is 12.1. The summed E-state index contributed by atoms with van der Waals surface area (Å²) in [5, 5.41) is 6.66. The molecule has 25 heavy (non-hydrogen) atoms. The van der Waals surface area contributed by atoms with Crippen LogP contribution in [-0.4, -0.2) is 38.1 Å². The minimum atomic E-state index is -3.50. The number of carbonyl (C=O) groups is 1. The number of nitrogens with one attached hydrogen (secondary N) is 2. The second kappa shape index (κ2) is 8.21. The van der Waals surface area contributed by atoms with Crippen molar-refractivity contribution >= 4 is 15.9 Å². The fourth-order valence-electron chi connectivity index (χ4n) is 2.05. The summed E-state index contributed by atoms with van der Waals surface area (Å²) < 4.78 is 30.6. The first kappa shape index (κ1) is 19.1. The number of amides is 1. The lowest BCUT2D eigenvalue weighted by Crippen LogP contribution is -2.25. The van der Waals surface area contributed by atoms with Gasteiger partial charge in [0, 0.05) is 24.4 Å². The topological polar surface area (TPSA) is 114 Å². The molecule has 0 radical (unpaired) electrons. The number of hydrogen-bond acceptors (Lipinski definition) is 6. The van der Waals surface area contributed by atoms with E-state index in [0.29, 0.717) is 36.7 Å². The van der Waals surface area contributed by atoms with Gasteiger partial charge in [0.05, 0.1) is 4.90 Å². The molecule has 2 N–H and O–H groups in total. The van der Waals surface area contributed by atoms with Gasteiger partial charge in [0.1, 0.15) is 0 Å². The molecule has 0 aliphatic heterocycles. The standard InChI is InChI=1S/C16H22N4O4S/c1-11(2)15-19-14(24-20-15)5-4-10-18-16(21)12-6-8-13(9-7-12)25(22,23)17-3/h6-9,11,17H,4-5,10H2,1-3H3,(H,18,21). The molecule has 0 atom stereocenters. The lowest BCUT2D eigenvalue weighted by Gasteiger charge is -2.06. The maximum atomic E-state index is 12.1. The van der Waals surface area contributed by atoms with E-state index in [2.05, 4.69) is 20.2 Å². The quantitative estimate of drug-likeness (QED) is 0.684. The van der Waals surface area contributed by atoms with Crippen molar-refractivity contribution in [3.05, 3.63) is 41.5 Å². The third kappa shape index (κ3) is 5.10. The van der Waals surface area contributed by atoms with Gasteiger partial charge in [0.15, 0.2) is 5.82 Å². The van der Waals surface area contributed by atoms with E-state index in [4.69, 9.17) is 4.52 Å². The molecule has 2 rings (SSSR count). The van der Waals surface area contributed by atoms with Gasteiger partial charge in [-0.3, -0.25) is 4.79 Å².